The number of rotatable bonds is 3. The number of ether oxygens (including phenoxy) is 1. The van der Waals surface area contributed by atoms with E-state index in [-0.39, 0.29) is 21.5 Å². The summed E-state index contributed by atoms with van der Waals surface area (Å²) >= 11 is 2.86. The number of amides is 1. The third kappa shape index (κ3) is 2.93. The van der Waals surface area contributed by atoms with Crippen molar-refractivity contribution in [3.05, 3.63) is 52.3 Å². The first-order valence-electron chi connectivity index (χ1n) is 5.47. The van der Waals surface area contributed by atoms with Gasteiger partial charge in [0.2, 0.25) is 0 Å². The Hall–Kier alpha value is -2.02. The molecule has 0 saturated carbocycles. The highest BCUT2D eigenvalue weighted by Gasteiger charge is 2.15. The number of halogens is 3. The second kappa shape index (κ2) is 5.96. The maximum atomic E-state index is 13.6. The number of methoxy groups -OCH3 is 1. The van der Waals surface area contributed by atoms with Crippen molar-refractivity contribution in [2.24, 2.45) is 0 Å². The van der Waals surface area contributed by atoms with Crippen LogP contribution in [0.25, 0.3) is 0 Å². The quantitative estimate of drug-likeness (QED) is 0.870. The first kappa shape index (κ1) is 14.4. The highest BCUT2D eigenvalue weighted by atomic mass is 79.9. The lowest BCUT2D eigenvalue weighted by molar-refractivity contribution is 0.102. The van der Waals surface area contributed by atoms with Gasteiger partial charge in [0.25, 0.3) is 5.91 Å². The minimum absolute atomic E-state index is 0.0190. The number of pyridine rings is 1. The molecule has 20 heavy (non-hydrogen) atoms. The zero-order chi connectivity index (χ0) is 14.7. The van der Waals surface area contributed by atoms with Crippen molar-refractivity contribution < 1.29 is 18.3 Å². The number of aromatic nitrogens is 1. The average molecular weight is 343 g/mol. The minimum Gasteiger partial charge on any atom is -0.494 e. The standard InChI is InChI=1S/C13H9BrF2N2O2/c1-20-12-6-17-3-2-7(12)13(19)18-11-5-9(15)8(14)4-10(11)16/h2-6H,1H3,(H,18,19). The first-order valence-corrected chi connectivity index (χ1v) is 6.26. The number of hydrogen-bond donors (Lipinski definition) is 1. The van der Waals surface area contributed by atoms with Gasteiger partial charge in [-0.1, -0.05) is 0 Å². The van der Waals surface area contributed by atoms with E-state index in [2.05, 4.69) is 26.2 Å². The lowest BCUT2D eigenvalue weighted by Gasteiger charge is -2.10. The number of nitrogens with zero attached hydrogens (tertiary/aromatic N) is 1. The van der Waals surface area contributed by atoms with E-state index in [1.54, 1.807) is 0 Å². The molecule has 0 atom stereocenters. The molecule has 0 spiro atoms. The summed E-state index contributed by atoms with van der Waals surface area (Å²) in [6.45, 7) is 0. The van der Waals surface area contributed by atoms with Crippen LogP contribution in [0.1, 0.15) is 10.4 Å². The third-order valence-electron chi connectivity index (χ3n) is 2.51. The SMILES string of the molecule is COc1cnccc1C(=O)Nc1cc(F)c(Br)cc1F. The molecule has 0 aliphatic heterocycles. The van der Waals surface area contributed by atoms with Gasteiger partial charge in [0, 0.05) is 12.3 Å². The molecule has 0 unspecified atom stereocenters. The van der Waals surface area contributed by atoms with Crippen molar-refractivity contribution in [1.29, 1.82) is 0 Å². The van der Waals surface area contributed by atoms with Crippen LogP contribution in [0.3, 0.4) is 0 Å². The Kier molecular flexibility index (Phi) is 4.29. The third-order valence-corrected chi connectivity index (χ3v) is 3.11. The smallest absolute Gasteiger partial charge is 0.259 e. The predicted octanol–water partition coefficient (Wildman–Crippen LogP) is 3.38. The Morgan fingerprint density at radius 3 is 2.80 bits per heavy atom. The Labute approximate surface area is 121 Å². The van der Waals surface area contributed by atoms with E-state index < -0.39 is 17.5 Å². The van der Waals surface area contributed by atoms with E-state index in [0.717, 1.165) is 12.1 Å². The van der Waals surface area contributed by atoms with Gasteiger partial charge in [-0.2, -0.15) is 0 Å². The summed E-state index contributed by atoms with van der Waals surface area (Å²) < 4.78 is 32.0. The number of benzene rings is 1. The number of anilines is 1. The summed E-state index contributed by atoms with van der Waals surface area (Å²) in [7, 11) is 1.38. The van der Waals surface area contributed by atoms with Gasteiger partial charge in [0.05, 0.1) is 29.0 Å². The fourth-order valence-corrected chi connectivity index (χ4v) is 1.85. The van der Waals surface area contributed by atoms with Gasteiger partial charge >= 0.3 is 0 Å². The summed E-state index contributed by atoms with van der Waals surface area (Å²) in [4.78, 5) is 15.8. The second-order valence-corrected chi connectivity index (χ2v) is 4.63. The molecule has 1 aromatic carbocycles. The summed E-state index contributed by atoms with van der Waals surface area (Å²) in [5.41, 5.74) is -0.0835. The molecule has 0 fully saturated rings. The number of carbonyl (C=O) groups excluding carboxylic acids is 1. The molecule has 0 radical (unpaired) electrons. The second-order valence-electron chi connectivity index (χ2n) is 3.78. The minimum atomic E-state index is -0.750. The molecular weight excluding hydrogens is 334 g/mol. The molecule has 2 aromatic rings. The van der Waals surface area contributed by atoms with Crippen LogP contribution in [0.5, 0.6) is 5.75 Å². The molecule has 7 heteroatoms. The average Bonchev–Trinajstić information content (AvgIpc) is 2.44. The molecule has 0 bridgehead atoms. The van der Waals surface area contributed by atoms with Gasteiger partial charge in [0.15, 0.2) is 0 Å². The molecular formula is C13H9BrF2N2O2. The van der Waals surface area contributed by atoms with Gasteiger partial charge in [0.1, 0.15) is 17.4 Å². The fraction of sp³-hybridized carbons (Fsp3) is 0.0769. The molecule has 104 valence electrons. The Balaban J connectivity index is 2.30. The van der Waals surface area contributed by atoms with E-state index in [0.29, 0.717) is 0 Å². The topological polar surface area (TPSA) is 51.2 Å². The van der Waals surface area contributed by atoms with Crippen molar-refractivity contribution in [3.63, 3.8) is 0 Å². The van der Waals surface area contributed by atoms with Crippen LogP contribution >= 0.6 is 15.9 Å². The highest BCUT2D eigenvalue weighted by molar-refractivity contribution is 9.10. The van der Waals surface area contributed by atoms with Crippen LogP contribution in [-0.4, -0.2) is 18.0 Å². The van der Waals surface area contributed by atoms with Crippen LogP contribution in [0, 0.1) is 11.6 Å². The molecule has 1 amide bonds. The van der Waals surface area contributed by atoms with Crippen LogP contribution in [-0.2, 0) is 0 Å². The van der Waals surface area contributed by atoms with Gasteiger partial charge in [-0.15, -0.1) is 0 Å². The molecule has 1 N–H and O–H groups in total. The van der Waals surface area contributed by atoms with Crippen molar-refractivity contribution >= 4 is 27.5 Å². The van der Waals surface area contributed by atoms with Crippen LogP contribution < -0.4 is 10.1 Å². The molecule has 0 saturated heterocycles. The fourth-order valence-electron chi connectivity index (χ4n) is 1.54. The Bertz CT molecular complexity index is 665. The highest BCUT2D eigenvalue weighted by Crippen LogP contribution is 2.24. The lowest BCUT2D eigenvalue weighted by Crippen LogP contribution is -2.14. The molecule has 1 aromatic heterocycles. The van der Waals surface area contributed by atoms with E-state index in [4.69, 9.17) is 4.74 Å². The normalized spacial score (nSPS) is 10.2. The molecule has 4 nitrogen and oxygen atoms in total. The Morgan fingerprint density at radius 2 is 2.10 bits per heavy atom. The number of nitrogens with one attached hydrogen (secondary N) is 1. The molecule has 0 aliphatic carbocycles. The Morgan fingerprint density at radius 1 is 1.35 bits per heavy atom. The zero-order valence-electron chi connectivity index (χ0n) is 10.3. The summed E-state index contributed by atoms with van der Waals surface area (Å²) in [6.07, 6.45) is 2.75. The maximum Gasteiger partial charge on any atom is 0.259 e. The van der Waals surface area contributed by atoms with Crippen LogP contribution in [0.2, 0.25) is 0 Å². The largest absolute Gasteiger partial charge is 0.494 e. The van der Waals surface area contributed by atoms with Crippen LogP contribution in [0.15, 0.2) is 35.1 Å². The van der Waals surface area contributed by atoms with Crippen molar-refractivity contribution in [2.75, 3.05) is 12.4 Å². The summed E-state index contributed by atoms with van der Waals surface area (Å²) in [6, 6.07) is 3.25. The van der Waals surface area contributed by atoms with Crippen molar-refractivity contribution in [3.8, 4) is 5.75 Å². The molecule has 0 aliphatic rings. The van der Waals surface area contributed by atoms with E-state index >= 15 is 0 Å². The van der Waals surface area contributed by atoms with E-state index in [9.17, 15) is 13.6 Å². The first-order chi connectivity index (χ1) is 9.52. The van der Waals surface area contributed by atoms with Crippen LogP contribution in [0.4, 0.5) is 14.5 Å². The van der Waals surface area contributed by atoms with Gasteiger partial charge in [-0.3, -0.25) is 9.78 Å². The lowest BCUT2D eigenvalue weighted by atomic mass is 10.2. The molecule has 2 rings (SSSR count). The van der Waals surface area contributed by atoms with Crippen molar-refractivity contribution in [2.45, 2.75) is 0 Å². The summed E-state index contributed by atoms with van der Waals surface area (Å²) in [5, 5.41) is 2.29. The monoisotopic (exact) mass is 342 g/mol. The van der Waals surface area contributed by atoms with Gasteiger partial charge in [-0.25, -0.2) is 8.78 Å². The van der Waals surface area contributed by atoms with Gasteiger partial charge < -0.3 is 10.1 Å². The molecule has 1 heterocycles. The zero-order valence-corrected chi connectivity index (χ0v) is 11.9. The van der Waals surface area contributed by atoms with Crippen molar-refractivity contribution in [1.82, 2.24) is 4.98 Å². The number of hydrogen-bond acceptors (Lipinski definition) is 3. The van der Waals surface area contributed by atoms with E-state index in [1.165, 1.54) is 25.6 Å². The van der Waals surface area contributed by atoms with Gasteiger partial charge in [-0.05, 0) is 28.1 Å². The van der Waals surface area contributed by atoms with E-state index in [1.807, 2.05) is 0 Å². The summed E-state index contributed by atoms with van der Waals surface area (Å²) in [5.74, 6) is -1.81. The maximum absolute atomic E-state index is 13.6. The predicted molar refractivity (Wildman–Crippen MR) is 72.8 cm³/mol. The number of carbonyl (C=O) groups is 1.